The number of hydrogen-bond donors (Lipinski definition) is 1. The van der Waals surface area contributed by atoms with Gasteiger partial charge in [0.25, 0.3) is 0 Å². The molecule has 0 saturated carbocycles. The lowest BCUT2D eigenvalue weighted by atomic mass is 9.81. The van der Waals surface area contributed by atoms with Gasteiger partial charge in [0.2, 0.25) is 0 Å². The van der Waals surface area contributed by atoms with Crippen LogP contribution in [-0.4, -0.2) is 36.2 Å². The van der Waals surface area contributed by atoms with Gasteiger partial charge in [-0.25, -0.2) is 4.39 Å². The molecule has 0 amide bonds. The molecule has 3 aromatic rings. The first-order chi connectivity index (χ1) is 14.9. The highest BCUT2D eigenvalue weighted by Gasteiger charge is 2.32. The molecule has 1 unspecified atom stereocenters. The average molecular weight is 422 g/mol. The Labute approximate surface area is 185 Å². The van der Waals surface area contributed by atoms with Crippen molar-refractivity contribution in [3.8, 4) is 5.75 Å². The van der Waals surface area contributed by atoms with Crippen molar-refractivity contribution in [1.29, 1.82) is 0 Å². The number of likely N-dealkylation sites (N-methyl/N-ethyl adjacent to an activating group) is 1. The number of nitrogens with zero attached hydrogens (tertiary/aromatic N) is 1. The Morgan fingerprint density at radius 2 is 1.39 bits per heavy atom. The van der Waals surface area contributed by atoms with E-state index in [2.05, 4.69) is 18.7 Å². The molecular formula is C27H32FNO2. The minimum Gasteiger partial charge on any atom is -0.492 e. The maximum atomic E-state index is 13.5. The second-order valence-electron chi connectivity index (χ2n) is 7.93. The number of benzene rings is 3. The van der Waals surface area contributed by atoms with E-state index >= 15 is 0 Å². The summed E-state index contributed by atoms with van der Waals surface area (Å²) >= 11 is 0. The van der Waals surface area contributed by atoms with Crippen LogP contribution in [0.5, 0.6) is 5.75 Å². The van der Waals surface area contributed by atoms with E-state index in [1.165, 1.54) is 17.7 Å². The third kappa shape index (κ3) is 5.93. The fourth-order valence-corrected chi connectivity index (χ4v) is 3.76. The highest BCUT2D eigenvalue weighted by molar-refractivity contribution is 5.41. The van der Waals surface area contributed by atoms with Crippen molar-refractivity contribution >= 4 is 0 Å². The molecule has 0 aromatic heterocycles. The molecule has 0 aliphatic rings. The molecule has 4 heteroatoms. The number of aryl methyl sites for hydroxylation is 1. The van der Waals surface area contributed by atoms with Crippen molar-refractivity contribution in [2.24, 2.45) is 0 Å². The van der Waals surface area contributed by atoms with Gasteiger partial charge in [0.15, 0.2) is 0 Å². The molecule has 1 N–H and O–H groups in total. The summed E-state index contributed by atoms with van der Waals surface area (Å²) in [5.74, 6) is 0.450. The first-order valence-electron chi connectivity index (χ1n) is 10.9. The maximum absolute atomic E-state index is 13.5. The fraction of sp³-hybridized carbons (Fsp3) is 0.333. The minimum atomic E-state index is -1.28. The normalized spacial score (nSPS) is 13.2. The van der Waals surface area contributed by atoms with Crippen LogP contribution in [0, 0.1) is 12.7 Å². The highest BCUT2D eigenvalue weighted by atomic mass is 19.1. The van der Waals surface area contributed by atoms with Crippen molar-refractivity contribution in [3.05, 3.63) is 101 Å². The third-order valence-corrected chi connectivity index (χ3v) is 5.80. The number of hydrogen-bond acceptors (Lipinski definition) is 3. The molecule has 0 fully saturated rings. The highest BCUT2D eigenvalue weighted by Crippen LogP contribution is 2.34. The topological polar surface area (TPSA) is 32.7 Å². The van der Waals surface area contributed by atoms with Gasteiger partial charge in [-0.2, -0.15) is 0 Å². The first-order valence-corrected chi connectivity index (χ1v) is 10.9. The fourth-order valence-electron chi connectivity index (χ4n) is 3.76. The number of halogens is 1. The van der Waals surface area contributed by atoms with E-state index in [9.17, 15) is 9.50 Å². The Hall–Kier alpha value is -2.69. The first kappa shape index (κ1) is 23.0. The van der Waals surface area contributed by atoms with Crippen molar-refractivity contribution in [1.82, 2.24) is 4.90 Å². The van der Waals surface area contributed by atoms with Crippen LogP contribution in [0.2, 0.25) is 0 Å². The second-order valence-corrected chi connectivity index (χ2v) is 7.93. The molecule has 0 spiro atoms. The van der Waals surface area contributed by atoms with Crippen molar-refractivity contribution in [2.45, 2.75) is 32.8 Å². The molecule has 0 saturated heterocycles. The lowest BCUT2D eigenvalue weighted by Crippen LogP contribution is -2.30. The van der Waals surface area contributed by atoms with Gasteiger partial charge in [-0.05, 0) is 61.0 Å². The Kier molecular flexibility index (Phi) is 7.83. The summed E-state index contributed by atoms with van der Waals surface area (Å²) in [5, 5.41) is 11.8. The molecule has 1 atom stereocenters. The molecule has 31 heavy (non-hydrogen) atoms. The monoisotopic (exact) mass is 421 g/mol. The number of aliphatic hydroxyl groups is 1. The van der Waals surface area contributed by atoms with Crippen LogP contribution < -0.4 is 4.74 Å². The lowest BCUT2D eigenvalue weighted by molar-refractivity contribution is 0.0810. The van der Waals surface area contributed by atoms with Gasteiger partial charge >= 0.3 is 0 Å². The summed E-state index contributed by atoms with van der Waals surface area (Å²) in [7, 11) is 0. The van der Waals surface area contributed by atoms with Gasteiger partial charge in [0, 0.05) is 13.0 Å². The van der Waals surface area contributed by atoms with Crippen molar-refractivity contribution < 1.29 is 14.2 Å². The summed E-state index contributed by atoms with van der Waals surface area (Å²) < 4.78 is 19.4. The summed E-state index contributed by atoms with van der Waals surface area (Å²) in [6.07, 6.45) is 0.390. The van der Waals surface area contributed by atoms with Crippen LogP contribution in [0.3, 0.4) is 0 Å². The average Bonchev–Trinajstić information content (AvgIpc) is 2.79. The van der Waals surface area contributed by atoms with E-state index in [4.69, 9.17) is 4.74 Å². The maximum Gasteiger partial charge on any atom is 0.123 e. The Balaban J connectivity index is 1.83. The summed E-state index contributed by atoms with van der Waals surface area (Å²) in [6.45, 7) is 9.82. The van der Waals surface area contributed by atoms with E-state index in [1.807, 2.05) is 55.5 Å². The van der Waals surface area contributed by atoms with Crippen LogP contribution in [0.25, 0.3) is 0 Å². The molecule has 0 aliphatic heterocycles. The van der Waals surface area contributed by atoms with Crippen molar-refractivity contribution in [2.75, 3.05) is 26.2 Å². The van der Waals surface area contributed by atoms with Crippen LogP contribution >= 0.6 is 0 Å². The molecule has 0 heterocycles. The molecule has 164 valence electrons. The Bertz CT molecular complexity index is 934. The van der Waals surface area contributed by atoms with Gasteiger partial charge in [0.1, 0.15) is 23.8 Å². The predicted molar refractivity (Wildman–Crippen MR) is 124 cm³/mol. The van der Waals surface area contributed by atoms with Crippen LogP contribution in [0.4, 0.5) is 4.39 Å². The summed E-state index contributed by atoms with van der Waals surface area (Å²) in [6, 6.07) is 21.8. The summed E-state index contributed by atoms with van der Waals surface area (Å²) in [4.78, 5) is 2.31. The van der Waals surface area contributed by atoms with Crippen LogP contribution in [-0.2, 0) is 12.0 Å². The van der Waals surface area contributed by atoms with Gasteiger partial charge in [-0.1, -0.05) is 67.9 Å². The zero-order valence-corrected chi connectivity index (χ0v) is 18.6. The smallest absolute Gasteiger partial charge is 0.123 e. The van der Waals surface area contributed by atoms with E-state index in [0.717, 1.165) is 36.5 Å². The largest absolute Gasteiger partial charge is 0.492 e. The van der Waals surface area contributed by atoms with Gasteiger partial charge in [-0.15, -0.1) is 0 Å². The number of rotatable bonds is 10. The molecule has 3 nitrogen and oxygen atoms in total. The van der Waals surface area contributed by atoms with E-state index < -0.39 is 5.60 Å². The van der Waals surface area contributed by atoms with Crippen LogP contribution in [0.1, 0.15) is 36.1 Å². The Morgan fingerprint density at radius 1 is 0.839 bits per heavy atom. The molecule has 0 bridgehead atoms. The van der Waals surface area contributed by atoms with E-state index in [-0.39, 0.29) is 5.82 Å². The van der Waals surface area contributed by atoms with Gasteiger partial charge < -0.3 is 14.7 Å². The lowest BCUT2D eigenvalue weighted by Gasteiger charge is -2.30. The molecular weight excluding hydrogens is 389 g/mol. The second kappa shape index (κ2) is 10.6. The zero-order chi connectivity index (χ0) is 22.3. The quantitative estimate of drug-likeness (QED) is 0.480. The van der Waals surface area contributed by atoms with Gasteiger partial charge in [0.05, 0.1) is 0 Å². The van der Waals surface area contributed by atoms with Crippen LogP contribution in [0.15, 0.2) is 72.8 Å². The van der Waals surface area contributed by atoms with E-state index in [0.29, 0.717) is 18.6 Å². The summed E-state index contributed by atoms with van der Waals surface area (Å²) in [5.41, 5.74) is 2.31. The van der Waals surface area contributed by atoms with Gasteiger partial charge in [-0.3, -0.25) is 0 Å². The third-order valence-electron chi connectivity index (χ3n) is 5.80. The molecule has 3 rings (SSSR count). The predicted octanol–water partition coefficient (Wildman–Crippen LogP) is 5.33. The Morgan fingerprint density at radius 3 is 1.94 bits per heavy atom. The standard InChI is InChI=1S/C27H32FNO2/c1-4-29(5-2)18-19-31-26-16-12-24(13-17-26)27(30,23-10-14-25(28)15-11-23)20-22-8-6-21(3)7-9-22/h6-17,30H,4-5,18-20H2,1-3H3. The van der Waals surface area contributed by atoms with Crippen molar-refractivity contribution in [3.63, 3.8) is 0 Å². The zero-order valence-electron chi connectivity index (χ0n) is 18.6. The van der Waals surface area contributed by atoms with E-state index in [1.54, 1.807) is 12.1 Å². The molecule has 3 aromatic carbocycles. The number of ether oxygens (including phenoxy) is 1. The minimum absolute atomic E-state index is 0.321. The molecule has 0 aliphatic carbocycles. The SMILES string of the molecule is CCN(CC)CCOc1ccc(C(O)(Cc2ccc(C)cc2)c2ccc(F)cc2)cc1. The molecule has 0 radical (unpaired) electrons.